The molecule has 0 N–H and O–H groups in total. The summed E-state index contributed by atoms with van der Waals surface area (Å²) in [7, 11) is 0. The van der Waals surface area contributed by atoms with E-state index < -0.39 is 5.82 Å². The highest BCUT2D eigenvalue weighted by molar-refractivity contribution is 6.05. The van der Waals surface area contributed by atoms with Crippen LogP contribution in [0.25, 0.3) is 16.8 Å². The van der Waals surface area contributed by atoms with Crippen LogP contribution in [-0.2, 0) is 0 Å². The number of allylic oxidation sites excluding steroid dienone is 1. The van der Waals surface area contributed by atoms with Crippen LogP contribution in [0.1, 0.15) is 15.9 Å². The third-order valence-corrected chi connectivity index (χ3v) is 4.24. The average molecular weight is 330 g/mol. The number of ether oxygens (including phenoxy) is 1. The molecule has 122 valence electrons. The summed E-state index contributed by atoms with van der Waals surface area (Å²) < 4.78 is 19.5. The SMILES string of the molecule is O=C(/C=C/C1=Cc2c(ccc3ccccc23)OC1)c1ccccc1F. The molecule has 0 saturated carbocycles. The number of hydrogen-bond donors (Lipinski definition) is 0. The molecule has 2 nitrogen and oxygen atoms in total. The summed E-state index contributed by atoms with van der Waals surface area (Å²) >= 11 is 0. The van der Waals surface area contributed by atoms with E-state index >= 15 is 0 Å². The first-order valence-electron chi connectivity index (χ1n) is 8.04. The van der Waals surface area contributed by atoms with Crippen LogP contribution in [-0.4, -0.2) is 12.4 Å². The van der Waals surface area contributed by atoms with Crippen molar-refractivity contribution in [1.29, 1.82) is 0 Å². The molecule has 4 rings (SSSR count). The summed E-state index contributed by atoms with van der Waals surface area (Å²) in [6.45, 7) is 0.381. The number of hydrogen-bond acceptors (Lipinski definition) is 2. The first-order chi connectivity index (χ1) is 12.2. The molecule has 3 heteroatoms. The fourth-order valence-corrected chi connectivity index (χ4v) is 2.97. The van der Waals surface area contributed by atoms with Crippen molar-refractivity contribution in [3.8, 4) is 5.75 Å². The predicted octanol–water partition coefficient (Wildman–Crippen LogP) is 5.19. The second-order valence-corrected chi connectivity index (χ2v) is 5.88. The van der Waals surface area contributed by atoms with Crippen LogP contribution in [0, 0.1) is 5.82 Å². The Hall–Kier alpha value is -3.20. The summed E-state index contributed by atoms with van der Waals surface area (Å²) in [6.07, 6.45) is 5.11. The molecule has 1 heterocycles. The number of ketones is 1. The number of fused-ring (bicyclic) bond motifs is 3. The Morgan fingerprint density at radius 2 is 1.80 bits per heavy atom. The van der Waals surface area contributed by atoms with Crippen molar-refractivity contribution in [1.82, 2.24) is 0 Å². The highest BCUT2D eigenvalue weighted by atomic mass is 19.1. The summed E-state index contributed by atoms with van der Waals surface area (Å²) in [4.78, 5) is 12.2. The number of carbonyl (C=O) groups excluding carboxylic acids is 1. The minimum absolute atomic E-state index is 0.0712. The van der Waals surface area contributed by atoms with Gasteiger partial charge >= 0.3 is 0 Å². The van der Waals surface area contributed by atoms with Gasteiger partial charge in [-0.25, -0.2) is 4.39 Å². The van der Waals surface area contributed by atoms with Gasteiger partial charge in [0.1, 0.15) is 18.2 Å². The average Bonchev–Trinajstić information content (AvgIpc) is 2.66. The molecule has 0 amide bonds. The standard InChI is InChI=1S/C22H15FO2/c23-20-8-4-3-7-18(20)21(24)11-9-15-13-19-17-6-2-1-5-16(17)10-12-22(19)25-14-15/h1-13H,14H2/b11-9+. The van der Waals surface area contributed by atoms with E-state index in [0.29, 0.717) is 6.61 Å². The Morgan fingerprint density at radius 1 is 1.00 bits per heavy atom. The maximum absolute atomic E-state index is 13.7. The third kappa shape index (κ3) is 2.96. The number of rotatable bonds is 3. The molecule has 0 aromatic heterocycles. The Labute approximate surface area is 144 Å². The smallest absolute Gasteiger partial charge is 0.188 e. The zero-order valence-electron chi connectivity index (χ0n) is 13.4. The Balaban J connectivity index is 1.67. The highest BCUT2D eigenvalue weighted by Gasteiger charge is 2.13. The van der Waals surface area contributed by atoms with Crippen LogP contribution in [0.4, 0.5) is 4.39 Å². The van der Waals surface area contributed by atoms with Crippen molar-refractivity contribution in [3.63, 3.8) is 0 Å². The summed E-state index contributed by atoms with van der Waals surface area (Å²) in [6, 6.07) is 18.1. The molecule has 0 saturated heterocycles. The van der Waals surface area contributed by atoms with E-state index in [9.17, 15) is 9.18 Å². The van der Waals surface area contributed by atoms with E-state index in [2.05, 4.69) is 6.07 Å². The van der Waals surface area contributed by atoms with Crippen LogP contribution in [0.5, 0.6) is 5.75 Å². The number of halogens is 1. The van der Waals surface area contributed by atoms with Gasteiger partial charge in [0.25, 0.3) is 0 Å². The minimum Gasteiger partial charge on any atom is -0.488 e. The summed E-state index contributed by atoms with van der Waals surface area (Å²) in [5.41, 5.74) is 1.94. The molecule has 0 radical (unpaired) electrons. The quantitative estimate of drug-likeness (QED) is 0.488. The lowest BCUT2D eigenvalue weighted by Gasteiger charge is -2.18. The van der Waals surface area contributed by atoms with E-state index in [1.165, 1.54) is 18.2 Å². The van der Waals surface area contributed by atoms with E-state index in [4.69, 9.17) is 4.74 Å². The second kappa shape index (κ2) is 6.36. The van der Waals surface area contributed by atoms with Crippen molar-refractivity contribution in [2.75, 3.05) is 6.61 Å². The maximum Gasteiger partial charge on any atom is 0.188 e. The molecule has 0 fully saturated rings. The molecule has 0 bridgehead atoms. The van der Waals surface area contributed by atoms with Gasteiger partial charge in [0, 0.05) is 5.56 Å². The molecule has 3 aromatic rings. The third-order valence-electron chi connectivity index (χ3n) is 4.24. The minimum atomic E-state index is -0.512. The van der Waals surface area contributed by atoms with E-state index in [1.807, 2.05) is 36.4 Å². The maximum atomic E-state index is 13.7. The van der Waals surface area contributed by atoms with Gasteiger partial charge in [0.15, 0.2) is 5.78 Å². The molecular formula is C22H15FO2. The molecular weight excluding hydrogens is 315 g/mol. The normalized spacial score (nSPS) is 13.4. The van der Waals surface area contributed by atoms with Crippen LogP contribution in [0.3, 0.4) is 0 Å². The molecule has 1 aliphatic heterocycles. The monoisotopic (exact) mass is 330 g/mol. The van der Waals surface area contributed by atoms with Crippen LogP contribution in [0.15, 0.2) is 78.4 Å². The zero-order chi connectivity index (χ0) is 17.2. The Morgan fingerprint density at radius 3 is 2.68 bits per heavy atom. The van der Waals surface area contributed by atoms with Gasteiger partial charge in [0.2, 0.25) is 0 Å². The van der Waals surface area contributed by atoms with Gasteiger partial charge in [-0.2, -0.15) is 0 Å². The van der Waals surface area contributed by atoms with E-state index in [0.717, 1.165) is 27.7 Å². The highest BCUT2D eigenvalue weighted by Crippen LogP contribution is 2.33. The fourth-order valence-electron chi connectivity index (χ4n) is 2.97. The molecule has 0 unspecified atom stereocenters. The lowest BCUT2D eigenvalue weighted by molar-refractivity contribution is 0.104. The molecule has 3 aromatic carbocycles. The van der Waals surface area contributed by atoms with Gasteiger partial charge in [-0.1, -0.05) is 48.5 Å². The second-order valence-electron chi connectivity index (χ2n) is 5.88. The Kier molecular flexibility index (Phi) is 3.90. The molecule has 1 aliphatic rings. The van der Waals surface area contributed by atoms with Crippen LogP contribution in [0.2, 0.25) is 0 Å². The van der Waals surface area contributed by atoms with Crippen molar-refractivity contribution >= 4 is 22.6 Å². The summed E-state index contributed by atoms with van der Waals surface area (Å²) in [5.74, 6) is -0.0404. The molecule has 0 atom stereocenters. The van der Waals surface area contributed by atoms with Crippen LogP contribution < -0.4 is 4.74 Å². The fraction of sp³-hybridized carbons (Fsp3) is 0.0455. The van der Waals surface area contributed by atoms with Gasteiger partial charge in [0.05, 0.1) is 5.56 Å². The lowest BCUT2D eigenvalue weighted by Crippen LogP contribution is -2.07. The number of benzene rings is 3. The largest absolute Gasteiger partial charge is 0.488 e. The lowest BCUT2D eigenvalue weighted by atomic mass is 9.99. The topological polar surface area (TPSA) is 26.3 Å². The zero-order valence-corrected chi connectivity index (χ0v) is 13.4. The van der Waals surface area contributed by atoms with Gasteiger partial charge in [-0.15, -0.1) is 0 Å². The van der Waals surface area contributed by atoms with Crippen molar-refractivity contribution in [2.24, 2.45) is 0 Å². The van der Waals surface area contributed by atoms with Crippen LogP contribution >= 0.6 is 0 Å². The molecule has 25 heavy (non-hydrogen) atoms. The van der Waals surface area contributed by atoms with Crippen molar-refractivity contribution in [3.05, 3.63) is 95.3 Å². The Bertz CT molecular complexity index is 1030. The van der Waals surface area contributed by atoms with Crippen molar-refractivity contribution in [2.45, 2.75) is 0 Å². The molecule has 0 spiro atoms. The predicted molar refractivity (Wildman–Crippen MR) is 97.3 cm³/mol. The van der Waals surface area contributed by atoms with Gasteiger partial charge < -0.3 is 4.74 Å². The van der Waals surface area contributed by atoms with E-state index in [1.54, 1.807) is 18.2 Å². The first-order valence-corrected chi connectivity index (χ1v) is 8.04. The van der Waals surface area contributed by atoms with Gasteiger partial charge in [-0.3, -0.25) is 4.79 Å². The number of carbonyl (C=O) groups is 1. The van der Waals surface area contributed by atoms with Crippen molar-refractivity contribution < 1.29 is 13.9 Å². The molecule has 0 aliphatic carbocycles. The first kappa shape index (κ1) is 15.3. The summed E-state index contributed by atoms with van der Waals surface area (Å²) in [5, 5.41) is 2.24. The van der Waals surface area contributed by atoms with E-state index in [-0.39, 0.29) is 11.3 Å². The van der Waals surface area contributed by atoms with Gasteiger partial charge in [-0.05, 0) is 46.7 Å².